The van der Waals surface area contributed by atoms with Gasteiger partial charge >= 0.3 is 0 Å². The normalized spacial score (nSPS) is 26.0. The number of ether oxygens (including phenoxy) is 1. The molecule has 0 spiro atoms. The van der Waals surface area contributed by atoms with Gasteiger partial charge in [-0.2, -0.15) is 0 Å². The van der Waals surface area contributed by atoms with Gasteiger partial charge in [0.2, 0.25) is 10.0 Å². The van der Waals surface area contributed by atoms with Crippen LogP contribution >= 0.6 is 24.8 Å². The van der Waals surface area contributed by atoms with Crippen molar-refractivity contribution in [2.75, 3.05) is 26.5 Å². The van der Waals surface area contributed by atoms with Crippen LogP contribution in [0.5, 0.6) is 5.75 Å². The Kier molecular flexibility index (Phi) is 10.00. The average Bonchev–Trinajstić information content (AvgIpc) is 2.63. The molecule has 2 fully saturated rings. The fraction of sp³-hybridized carbons (Fsp3) is 0.684. The van der Waals surface area contributed by atoms with E-state index >= 15 is 0 Å². The first kappa shape index (κ1) is 25.5. The fourth-order valence-electron chi connectivity index (χ4n) is 4.32. The first-order chi connectivity index (χ1) is 12.4. The maximum atomic E-state index is 12.1. The monoisotopic (exact) mass is 453 g/mol. The third-order valence-electron chi connectivity index (χ3n) is 5.65. The summed E-state index contributed by atoms with van der Waals surface area (Å²) in [6.07, 6.45) is 7.07. The number of hydrogen-bond acceptors (Lipinski definition) is 5. The van der Waals surface area contributed by atoms with Gasteiger partial charge in [0.15, 0.2) is 0 Å². The maximum absolute atomic E-state index is 12.1. The highest BCUT2D eigenvalue weighted by atomic mass is 35.5. The van der Waals surface area contributed by atoms with Crippen LogP contribution in [0.3, 0.4) is 0 Å². The van der Waals surface area contributed by atoms with E-state index in [2.05, 4.69) is 15.4 Å². The fourth-order valence-corrected chi connectivity index (χ4v) is 5.36. The molecule has 0 atom stereocenters. The van der Waals surface area contributed by atoms with Gasteiger partial charge in [0, 0.05) is 12.1 Å². The Morgan fingerprint density at radius 2 is 1.68 bits per heavy atom. The Bertz CT molecular complexity index is 704. The molecule has 1 aliphatic carbocycles. The molecule has 0 aromatic heterocycles. The summed E-state index contributed by atoms with van der Waals surface area (Å²) in [5.41, 5.74) is 0.441. The van der Waals surface area contributed by atoms with Crippen LogP contribution in [0.4, 0.5) is 0 Å². The van der Waals surface area contributed by atoms with E-state index in [0.29, 0.717) is 12.1 Å². The molecule has 1 heterocycles. The predicted octanol–water partition coefficient (Wildman–Crippen LogP) is 2.57. The third-order valence-corrected chi connectivity index (χ3v) is 6.41. The van der Waals surface area contributed by atoms with Gasteiger partial charge in [0.25, 0.3) is 0 Å². The summed E-state index contributed by atoms with van der Waals surface area (Å²) in [6, 6.07) is 8.81. The SMILES string of the molecule is COc1cccc([C@]2(NS(C)(=O)=O)CC[C@@H](NC3CCNCC3)CC2)c1.Cl.Cl. The van der Waals surface area contributed by atoms with Gasteiger partial charge in [-0.3, -0.25) is 0 Å². The van der Waals surface area contributed by atoms with Crippen molar-refractivity contribution >= 4 is 34.8 Å². The molecule has 2 aliphatic rings. The van der Waals surface area contributed by atoms with Crippen molar-refractivity contribution in [3.8, 4) is 5.75 Å². The van der Waals surface area contributed by atoms with Crippen LogP contribution in [-0.2, 0) is 15.6 Å². The molecule has 3 N–H and O–H groups in total. The molecule has 1 aromatic carbocycles. The zero-order valence-corrected chi connectivity index (χ0v) is 19.0. The van der Waals surface area contributed by atoms with E-state index < -0.39 is 15.6 Å². The Morgan fingerprint density at radius 1 is 1.07 bits per heavy atom. The van der Waals surface area contributed by atoms with E-state index in [9.17, 15) is 8.42 Å². The van der Waals surface area contributed by atoms with Crippen LogP contribution in [0, 0.1) is 0 Å². The molecular formula is C19H33Cl2N3O3S. The molecule has 0 amide bonds. The summed E-state index contributed by atoms with van der Waals surface area (Å²) in [6.45, 7) is 2.15. The largest absolute Gasteiger partial charge is 0.497 e. The van der Waals surface area contributed by atoms with Crippen LogP contribution in [0.2, 0.25) is 0 Å². The van der Waals surface area contributed by atoms with E-state index in [1.807, 2.05) is 24.3 Å². The minimum Gasteiger partial charge on any atom is -0.497 e. The highest BCUT2D eigenvalue weighted by Gasteiger charge is 2.39. The lowest BCUT2D eigenvalue weighted by Crippen LogP contribution is -2.52. The average molecular weight is 454 g/mol. The molecule has 1 saturated heterocycles. The number of methoxy groups -OCH3 is 1. The van der Waals surface area contributed by atoms with E-state index in [1.165, 1.54) is 19.1 Å². The van der Waals surface area contributed by atoms with Crippen molar-refractivity contribution in [3.63, 3.8) is 0 Å². The van der Waals surface area contributed by atoms with Crippen LogP contribution in [0.1, 0.15) is 44.1 Å². The Hall–Kier alpha value is -0.570. The number of piperidine rings is 1. The molecule has 0 bridgehead atoms. The van der Waals surface area contributed by atoms with Gasteiger partial charge in [0.1, 0.15) is 5.75 Å². The van der Waals surface area contributed by atoms with E-state index in [4.69, 9.17) is 4.74 Å². The molecule has 28 heavy (non-hydrogen) atoms. The molecule has 1 aliphatic heterocycles. The predicted molar refractivity (Wildman–Crippen MR) is 118 cm³/mol. The summed E-state index contributed by atoms with van der Waals surface area (Å²) >= 11 is 0. The minimum absolute atomic E-state index is 0. The van der Waals surface area contributed by atoms with Gasteiger partial charge in [-0.05, 0) is 69.3 Å². The van der Waals surface area contributed by atoms with Crippen molar-refractivity contribution in [2.24, 2.45) is 0 Å². The number of rotatable bonds is 6. The second-order valence-electron chi connectivity index (χ2n) is 7.65. The third kappa shape index (κ3) is 6.75. The lowest BCUT2D eigenvalue weighted by atomic mass is 9.75. The van der Waals surface area contributed by atoms with Gasteiger partial charge < -0.3 is 15.4 Å². The standard InChI is InChI=1S/C19H31N3O3S.2ClH/c1-25-18-5-3-4-15(14-18)19(22-26(2,23)24)10-6-16(7-11-19)21-17-8-12-20-13-9-17;;/h3-5,14,16-17,20-22H,6-13H2,1-2H3;2*1H/t16-,19+;;. The maximum Gasteiger partial charge on any atom is 0.209 e. The van der Waals surface area contributed by atoms with Gasteiger partial charge in [-0.15, -0.1) is 24.8 Å². The topological polar surface area (TPSA) is 79.5 Å². The molecule has 3 rings (SSSR count). The molecule has 162 valence electrons. The number of sulfonamides is 1. The molecule has 0 radical (unpaired) electrons. The Morgan fingerprint density at radius 3 is 2.25 bits per heavy atom. The van der Waals surface area contributed by atoms with Crippen molar-refractivity contribution in [1.29, 1.82) is 0 Å². The summed E-state index contributed by atoms with van der Waals surface area (Å²) in [5.74, 6) is 0.757. The van der Waals surface area contributed by atoms with Crippen molar-refractivity contribution in [2.45, 2.75) is 56.1 Å². The zero-order valence-electron chi connectivity index (χ0n) is 16.6. The molecule has 1 aromatic rings. The number of hydrogen-bond donors (Lipinski definition) is 3. The van der Waals surface area contributed by atoms with Gasteiger partial charge in [0.05, 0.1) is 18.9 Å². The summed E-state index contributed by atoms with van der Waals surface area (Å²) in [5, 5.41) is 7.19. The molecule has 0 unspecified atom stereocenters. The van der Waals surface area contributed by atoms with Gasteiger partial charge in [-0.1, -0.05) is 12.1 Å². The molecule has 9 heteroatoms. The summed E-state index contributed by atoms with van der Waals surface area (Å²) < 4.78 is 32.4. The Labute approximate surface area is 181 Å². The highest BCUT2D eigenvalue weighted by Crippen LogP contribution is 2.39. The first-order valence-electron chi connectivity index (χ1n) is 9.50. The minimum atomic E-state index is -3.31. The summed E-state index contributed by atoms with van der Waals surface area (Å²) in [4.78, 5) is 0. The Balaban J connectivity index is 0.00000196. The van der Waals surface area contributed by atoms with E-state index in [1.54, 1.807) is 7.11 Å². The number of nitrogens with one attached hydrogen (secondary N) is 3. The number of halogens is 2. The van der Waals surface area contributed by atoms with Crippen LogP contribution in [-0.4, -0.2) is 47.0 Å². The summed E-state index contributed by atoms with van der Waals surface area (Å²) in [7, 11) is -1.68. The highest BCUT2D eigenvalue weighted by molar-refractivity contribution is 7.88. The van der Waals surface area contributed by atoms with Crippen LogP contribution in [0.25, 0.3) is 0 Å². The number of benzene rings is 1. The first-order valence-corrected chi connectivity index (χ1v) is 11.4. The molecule has 1 saturated carbocycles. The second kappa shape index (κ2) is 11.0. The lowest BCUT2D eigenvalue weighted by Gasteiger charge is -2.42. The smallest absolute Gasteiger partial charge is 0.209 e. The van der Waals surface area contributed by atoms with Crippen molar-refractivity contribution in [1.82, 2.24) is 15.4 Å². The van der Waals surface area contributed by atoms with E-state index in [0.717, 1.165) is 50.1 Å². The molecular weight excluding hydrogens is 421 g/mol. The van der Waals surface area contributed by atoms with Crippen LogP contribution in [0.15, 0.2) is 24.3 Å². The van der Waals surface area contributed by atoms with Gasteiger partial charge in [-0.25, -0.2) is 13.1 Å². The van der Waals surface area contributed by atoms with E-state index in [-0.39, 0.29) is 24.8 Å². The van der Waals surface area contributed by atoms with Crippen LogP contribution < -0.4 is 20.1 Å². The lowest BCUT2D eigenvalue weighted by molar-refractivity contribution is 0.212. The molecule has 6 nitrogen and oxygen atoms in total. The quantitative estimate of drug-likeness (QED) is 0.616. The van der Waals surface area contributed by atoms with Crippen molar-refractivity contribution < 1.29 is 13.2 Å². The van der Waals surface area contributed by atoms with Crippen molar-refractivity contribution in [3.05, 3.63) is 29.8 Å². The second-order valence-corrected chi connectivity index (χ2v) is 9.40. The zero-order chi connectivity index (χ0) is 18.6.